The van der Waals surface area contributed by atoms with Crippen LogP contribution in [0.3, 0.4) is 0 Å². The van der Waals surface area contributed by atoms with Crippen molar-refractivity contribution in [3.63, 3.8) is 0 Å². The number of nitriles is 1. The maximum atomic E-state index is 12.9. The van der Waals surface area contributed by atoms with Crippen molar-refractivity contribution in [2.75, 3.05) is 20.1 Å². The zero-order valence-electron chi connectivity index (χ0n) is 16.8. The molecular weight excluding hydrogens is 400 g/mol. The molecule has 2 aromatic rings. The Morgan fingerprint density at radius 1 is 1.17 bits per heavy atom. The maximum absolute atomic E-state index is 12.9. The molecule has 156 valence electrons. The van der Waals surface area contributed by atoms with Crippen molar-refractivity contribution in [1.29, 1.82) is 5.26 Å². The molecule has 2 aliphatic heterocycles. The van der Waals surface area contributed by atoms with E-state index in [0.29, 0.717) is 25.1 Å². The normalized spacial score (nSPS) is 19.5. The number of hydrogen-bond acceptors (Lipinski definition) is 5. The molecule has 7 nitrogen and oxygen atoms in total. The van der Waals surface area contributed by atoms with Gasteiger partial charge < -0.3 is 9.80 Å². The van der Waals surface area contributed by atoms with E-state index in [0.717, 1.165) is 30.6 Å². The number of nitrogens with one attached hydrogen (secondary N) is 1. The highest BCUT2D eigenvalue weighted by molar-refractivity contribution is 7.89. The minimum atomic E-state index is -3.79. The molecule has 1 N–H and O–H groups in total. The van der Waals surface area contributed by atoms with Gasteiger partial charge in [0.15, 0.2) is 0 Å². The molecule has 1 saturated heterocycles. The summed E-state index contributed by atoms with van der Waals surface area (Å²) in [6.07, 6.45) is 1.33. The number of sulfonamides is 1. The predicted octanol–water partition coefficient (Wildman–Crippen LogP) is 1.63. The number of fused-ring (bicyclic) bond motifs is 1. The molecule has 0 spiro atoms. The van der Waals surface area contributed by atoms with Crippen LogP contribution in [0, 0.1) is 11.3 Å². The van der Waals surface area contributed by atoms with E-state index in [9.17, 15) is 13.2 Å². The van der Waals surface area contributed by atoms with Crippen LogP contribution < -0.4 is 4.72 Å². The third-order valence-electron chi connectivity index (χ3n) is 5.72. The standard InChI is InChI=1S/C22H24N4O3S/c1-25-9-7-18-5-6-20(12-19(18)15-25)30(28,29)24-21-8-10-26(22(21)27)14-17-4-2-3-16(11-17)13-23/h2-6,11-12,21,24H,7-10,14-15H2,1H3/t21-/m0/s1. The van der Waals surface area contributed by atoms with Gasteiger partial charge in [0.05, 0.1) is 16.5 Å². The van der Waals surface area contributed by atoms with Gasteiger partial charge in [-0.05, 0) is 60.8 Å². The summed E-state index contributed by atoms with van der Waals surface area (Å²) in [7, 11) is -1.78. The molecular formula is C22H24N4O3S. The zero-order chi connectivity index (χ0) is 21.3. The first-order chi connectivity index (χ1) is 14.4. The second-order valence-corrected chi connectivity index (χ2v) is 9.67. The molecule has 1 amide bonds. The van der Waals surface area contributed by atoms with E-state index in [1.54, 1.807) is 35.2 Å². The third kappa shape index (κ3) is 4.24. The molecule has 0 saturated carbocycles. The van der Waals surface area contributed by atoms with Crippen LogP contribution in [0.2, 0.25) is 0 Å². The Morgan fingerprint density at radius 3 is 2.80 bits per heavy atom. The van der Waals surface area contributed by atoms with Gasteiger partial charge in [-0.25, -0.2) is 8.42 Å². The minimum absolute atomic E-state index is 0.199. The van der Waals surface area contributed by atoms with Crippen LogP contribution in [-0.4, -0.2) is 50.3 Å². The molecule has 1 fully saturated rings. The number of carbonyl (C=O) groups is 1. The molecule has 30 heavy (non-hydrogen) atoms. The van der Waals surface area contributed by atoms with Crippen molar-refractivity contribution >= 4 is 15.9 Å². The van der Waals surface area contributed by atoms with Gasteiger partial charge in [0, 0.05) is 26.2 Å². The number of benzene rings is 2. The summed E-state index contributed by atoms with van der Waals surface area (Å²) in [5.74, 6) is -0.237. The highest BCUT2D eigenvalue weighted by atomic mass is 32.2. The van der Waals surface area contributed by atoms with Gasteiger partial charge in [-0.15, -0.1) is 0 Å². The molecule has 0 aliphatic carbocycles. The maximum Gasteiger partial charge on any atom is 0.241 e. The molecule has 2 heterocycles. The van der Waals surface area contributed by atoms with Crippen molar-refractivity contribution < 1.29 is 13.2 Å². The second-order valence-electron chi connectivity index (χ2n) is 7.95. The highest BCUT2D eigenvalue weighted by Gasteiger charge is 2.35. The van der Waals surface area contributed by atoms with Crippen molar-refractivity contribution in [1.82, 2.24) is 14.5 Å². The van der Waals surface area contributed by atoms with Crippen LogP contribution in [0.25, 0.3) is 0 Å². The molecule has 0 radical (unpaired) electrons. The van der Waals surface area contributed by atoms with Crippen LogP contribution in [-0.2, 0) is 34.3 Å². The van der Waals surface area contributed by atoms with Crippen molar-refractivity contribution in [3.8, 4) is 6.07 Å². The summed E-state index contributed by atoms with van der Waals surface area (Å²) >= 11 is 0. The van der Waals surface area contributed by atoms with Gasteiger partial charge in [0.2, 0.25) is 15.9 Å². The van der Waals surface area contributed by atoms with Crippen LogP contribution in [0.5, 0.6) is 0 Å². The first-order valence-electron chi connectivity index (χ1n) is 9.96. The van der Waals surface area contributed by atoms with Gasteiger partial charge >= 0.3 is 0 Å². The number of rotatable bonds is 5. The summed E-state index contributed by atoms with van der Waals surface area (Å²) in [6.45, 7) is 2.51. The van der Waals surface area contributed by atoms with E-state index in [-0.39, 0.29) is 10.8 Å². The molecule has 8 heteroatoms. The van der Waals surface area contributed by atoms with Crippen molar-refractivity contribution in [3.05, 3.63) is 64.7 Å². The van der Waals surface area contributed by atoms with E-state index < -0.39 is 16.1 Å². The molecule has 2 aliphatic rings. The Kier molecular flexibility index (Phi) is 5.60. The number of likely N-dealkylation sites (tertiary alicyclic amines) is 1. The van der Waals surface area contributed by atoms with E-state index >= 15 is 0 Å². The average molecular weight is 425 g/mol. The lowest BCUT2D eigenvalue weighted by Gasteiger charge is -2.25. The van der Waals surface area contributed by atoms with E-state index in [1.165, 1.54) is 5.56 Å². The second kappa shape index (κ2) is 8.19. The minimum Gasteiger partial charge on any atom is -0.337 e. The zero-order valence-corrected chi connectivity index (χ0v) is 17.7. The Hall–Kier alpha value is -2.73. The lowest BCUT2D eigenvalue weighted by molar-refractivity contribution is -0.129. The Balaban J connectivity index is 1.46. The van der Waals surface area contributed by atoms with E-state index in [1.807, 2.05) is 19.2 Å². The van der Waals surface area contributed by atoms with Crippen molar-refractivity contribution in [2.45, 2.75) is 36.9 Å². The largest absolute Gasteiger partial charge is 0.337 e. The number of carbonyl (C=O) groups excluding carboxylic acids is 1. The topological polar surface area (TPSA) is 93.5 Å². The highest BCUT2D eigenvalue weighted by Crippen LogP contribution is 2.23. The van der Waals surface area contributed by atoms with Crippen LogP contribution in [0.1, 0.15) is 28.7 Å². The Bertz CT molecular complexity index is 1120. The smallest absolute Gasteiger partial charge is 0.241 e. The number of amides is 1. The first-order valence-corrected chi connectivity index (χ1v) is 11.4. The summed E-state index contributed by atoms with van der Waals surface area (Å²) in [6, 6.07) is 13.6. The fraction of sp³-hybridized carbons (Fsp3) is 0.364. The van der Waals surface area contributed by atoms with Crippen LogP contribution >= 0.6 is 0 Å². The molecule has 0 unspecified atom stereocenters. The summed E-state index contributed by atoms with van der Waals surface area (Å²) in [4.78, 5) is 16.8. The number of likely N-dealkylation sites (N-methyl/N-ethyl adjacent to an activating group) is 1. The lowest BCUT2D eigenvalue weighted by atomic mass is 10.0. The third-order valence-corrected chi connectivity index (χ3v) is 7.18. The Labute approximate surface area is 177 Å². The van der Waals surface area contributed by atoms with Gasteiger partial charge in [-0.2, -0.15) is 9.98 Å². The van der Waals surface area contributed by atoms with Gasteiger partial charge in [0.1, 0.15) is 6.04 Å². The predicted molar refractivity (Wildman–Crippen MR) is 112 cm³/mol. The summed E-state index contributed by atoms with van der Waals surface area (Å²) in [5, 5.41) is 9.03. The molecule has 2 aromatic carbocycles. The summed E-state index contributed by atoms with van der Waals surface area (Å²) < 4.78 is 28.4. The number of hydrogen-bond donors (Lipinski definition) is 1. The van der Waals surface area contributed by atoms with E-state index in [2.05, 4.69) is 15.7 Å². The Morgan fingerprint density at radius 2 is 2.00 bits per heavy atom. The van der Waals surface area contributed by atoms with Gasteiger partial charge in [-0.1, -0.05) is 18.2 Å². The van der Waals surface area contributed by atoms with Gasteiger partial charge in [0.25, 0.3) is 0 Å². The molecule has 0 bridgehead atoms. The van der Waals surface area contributed by atoms with Gasteiger partial charge in [-0.3, -0.25) is 4.79 Å². The van der Waals surface area contributed by atoms with Crippen molar-refractivity contribution in [2.24, 2.45) is 0 Å². The quantitative estimate of drug-likeness (QED) is 0.787. The monoisotopic (exact) mass is 424 g/mol. The van der Waals surface area contributed by atoms with E-state index in [4.69, 9.17) is 5.26 Å². The molecule has 0 aromatic heterocycles. The summed E-state index contributed by atoms with van der Waals surface area (Å²) in [5.41, 5.74) is 3.58. The van der Waals surface area contributed by atoms with Crippen LogP contribution in [0.15, 0.2) is 47.4 Å². The molecule has 4 rings (SSSR count). The SMILES string of the molecule is CN1CCc2ccc(S(=O)(=O)N[C@H]3CCN(Cc4cccc(C#N)c4)C3=O)cc2C1. The number of nitrogens with zero attached hydrogens (tertiary/aromatic N) is 3. The molecule has 1 atom stereocenters. The fourth-order valence-corrected chi connectivity index (χ4v) is 5.34. The fourth-order valence-electron chi connectivity index (χ4n) is 4.06. The average Bonchev–Trinajstić information content (AvgIpc) is 3.06. The first kappa shape index (κ1) is 20.5. The lowest BCUT2D eigenvalue weighted by Crippen LogP contribution is -2.41. The van der Waals surface area contributed by atoms with Crippen LogP contribution in [0.4, 0.5) is 0 Å².